The van der Waals surface area contributed by atoms with Crippen LogP contribution in [0.15, 0.2) is 54.6 Å². The minimum absolute atomic E-state index is 0.0388. The number of hydrogen-bond donors (Lipinski definition) is 1. The Labute approximate surface area is 140 Å². The summed E-state index contributed by atoms with van der Waals surface area (Å²) in [5.74, 6) is -0.388. The highest BCUT2D eigenvalue weighted by molar-refractivity contribution is 9.09. The molecule has 0 aromatic heterocycles. The number of benzene rings is 2. The first kappa shape index (κ1) is 16.5. The number of carbonyl (C=O) groups excluding carboxylic acids is 1. The molecule has 2 aromatic rings. The van der Waals surface area contributed by atoms with E-state index in [0.29, 0.717) is 5.69 Å². The van der Waals surface area contributed by atoms with E-state index in [0.717, 1.165) is 5.56 Å². The second-order valence-electron chi connectivity index (χ2n) is 4.51. The van der Waals surface area contributed by atoms with Crippen LogP contribution in [-0.2, 0) is 4.79 Å². The summed E-state index contributed by atoms with van der Waals surface area (Å²) in [6.45, 7) is 0. The van der Waals surface area contributed by atoms with Gasteiger partial charge in [0.1, 0.15) is 5.38 Å². The molecule has 0 aliphatic heterocycles. The Balaban J connectivity index is 2.03. The van der Waals surface area contributed by atoms with E-state index in [2.05, 4.69) is 21.2 Å². The number of alkyl halides is 2. The zero-order valence-electron chi connectivity index (χ0n) is 11.3. The van der Waals surface area contributed by atoms with Crippen molar-refractivity contribution in [2.45, 2.75) is 10.2 Å². The minimum atomic E-state index is -0.822. The van der Waals surface area contributed by atoms with Crippen LogP contribution in [0.25, 0.3) is 0 Å². The number of amides is 1. The van der Waals surface area contributed by atoms with Crippen LogP contribution in [0.5, 0.6) is 0 Å². The molecule has 22 heavy (non-hydrogen) atoms. The summed E-state index contributed by atoms with van der Waals surface area (Å²) in [7, 11) is 0. The van der Waals surface area contributed by atoms with Crippen LogP contribution in [0, 0.1) is 10.1 Å². The molecule has 1 amide bonds. The van der Waals surface area contributed by atoms with E-state index in [1.807, 2.05) is 30.3 Å². The van der Waals surface area contributed by atoms with Gasteiger partial charge < -0.3 is 5.32 Å². The second-order valence-corrected chi connectivity index (χ2v) is 5.96. The van der Waals surface area contributed by atoms with Crippen molar-refractivity contribution in [1.29, 1.82) is 0 Å². The molecule has 2 rings (SSSR count). The average molecular weight is 384 g/mol. The highest BCUT2D eigenvalue weighted by Crippen LogP contribution is 2.30. The summed E-state index contributed by atoms with van der Waals surface area (Å²) in [6.07, 6.45) is 0. The van der Waals surface area contributed by atoms with E-state index >= 15 is 0 Å². The molecule has 2 atom stereocenters. The van der Waals surface area contributed by atoms with Crippen molar-refractivity contribution in [3.8, 4) is 0 Å². The number of nitrogens with zero attached hydrogens (tertiary/aromatic N) is 1. The first-order valence-corrected chi connectivity index (χ1v) is 7.72. The number of nitro groups is 1. The number of carbonyl (C=O) groups is 1. The lowest BCUT2D eigenvalue weighted by Gasteiger charge is -2.16. The average Bonchev–Trinajstić information content (AvgIpc) is 2.54. The molecule has 0 saturated carbocycles. The third-order valence-electron chi connectivity index (χ3n) is 2.97. The Morgan fingerprint density at radius 2 is 1.73 bits per heavy atom. The maximum atomic E-state index is 12.1. The van der Waals surface area contributed by atoms with Gasteiger partial charge in [0.05, 0.1) is 9.75 Å². The fourth-order valence-electron chi connectivity index (χ4n) is 1.82. The van der Waals surface area contributed by atoms with Crippen LogP contribution in [0.3, 0.4) is 0 Å². The fourth-order valence-corrected chi connectivity index (χ4v) is 2.56. The lowest BCUT2D eigenvalue weighted by Crippen LogP contribution is -2.26. The van der Waals surface area contributed by atoms with E-state index in [9.17, 15) is 14.9 Å². The fraction of sp³-hybridized carbons (Fsp3) is 0.133. The minimum Gasteiger partial charge on any atom is -0.325 e. The van der Waals surface area contributed by atoms with Gasteiger partial charge >= 0.3 is 0 Å². The molecule has 5 nitrogen and oxygen atoms in total. The highest BCUT2D eigenvalue weighted by atomic mass is 79.9. The monoisotopic (exact) mass is 382 g/mol. The molecule has 0 aliphatic carbocycles. The Kier molecular flexibility index (Phi) is 5.51. The van der Waals surface area contributed by atoms with Gasteiger partial charge in [-0.05, 0) is 17.7 Å². The standard InChI is InChI=1S/C15H12BrClN2O3/c16-13(10-4-2-1-3-5-10)14(17)15(20)18-11-6-8-12(9-7-11)19(21)22/h1-9,13-14H,(H,18,20)/t13-,14+/m1/s1. The Bertz CT molecular complexity index is 664. The molecule has 1 N–H and O–H groups in total. The van der Waals surface area contributed by atoms with E-state index in [1.54, 1.807) is 0 Å². The van der Waals surface area contributed by atoms with E-state index < -0.39 is 10.3 Å². The molecule has 114 valence electrons. The smallest absolute Gasteiger partial charge is 0.269 e. The lowest BCUT2D eigenvalue weighted by atomic mass is 10.1. The number of nitro benzene ring substituents is 1. The zero-order valence-corrected chi connectivity index (χ0v) is 13.6. The van der Waals surface area contributed by atoms with Gasteiger partial charge in [-0.2, -0.15) is 0 Å². The van der Waals surface area contributed by atoms with Crippen molar-refractivity contribution in [3.05, 3.63) is 70.3 Å². The molecule has 7 heteroatoms. The Morgan fingerprint density at radius 1 is 1.14 bits per heavy atom. The Morgan fingerprint density at radius 3 is 2.27 bits per heavy atom. The third-order valence-corrected chi connectivity index (χ3v) is 4.78. The maximum absolute atomic E-state index is 12.1. The molecule has 0 spiro atoms. The predicted molar refractivity (Wildman–Crippen MR) is 89.5 cm³/mol. The summed E-state index contributed by atoms with van der Waals surface area (Å²) in [6, 6.07) is 14.9. The lowest BCUT2D eigenvalue weighted by molar-refractivity contribution is -0.384. The number of halogens is 2. The van der Waals surface area contributed by atoms with Gasteiger partial charge in [-0.25, -0.2) is 0 Å². The number of rotatable bonds is 5. The third kappa shape index (κ3) is 4.05. The van der Waals surface area contributed by atoms with Crippen LogP contribution in [-0.4, -0.2) is 16.2 Å². The molecule has 0 aliphatic rings. The van der Waals surface area contributed by atoms with Crippen LogP contribution >= 0.6 is 27.5 Å². The van der Waals surface area contributed by atoms with Gasteiger partial charge in [-0.3, -0.25) is 14.9 Å². The van der Waals surface area contributed by atoms with E-state index in [4.69, 9.17) is 11.6 Å². The van der Waals surface area contributed by atoms with Crippen LogP contribution in [0.4, 0.5) is 11.4 Å². The molecular weight excluding hydrogens is 372 g/mol. The van der Waals surface area contributed by atoms with Crippen molar-refractivity contribution in [2.75, 3.05) is 5.32 Å². The van der Waals surface area contributed by atoms with Crippen molar-refractivity contribution in [3.63, 3.8) is 0 Å². The molecule has 2 aromatic carbocycles. The van der Waals surface area contributed by atoms with Crippen molar-refractivity contribution in [1.82, 2.24) is 0 Å². The molecule has 0 fully saturated rings. The zero-order chi connectivity index (χ0) is 16.1. The van der Waals surface area contributed by atoms with Crippen molar-refractivity contribution >= 4 is 44.8 Å². The number of non-ortho nitro benzene ring substituents is 1. The highest BCUT2D eigenvalue weighted by Gasteiger charge is 2.25. The maximum Gasteiger partial charge on any atom is 0.269 e. The van der Waals surface area contributed by atoms with Gasteiger partial charge in [0.2, 0.25) is 5.91 Å². The summed E-state index contributed by atoms with van der Waals surface area (Å²) in [5, 5.41) is 12.4. The predicted octanol–water partition coefficient (Wildman–Crippen LogP) is 4.28. The van der Waals surface area contributed by atoms with Gasteiger partial charge in [0, 0.05) is 17.8 Å². The normalized spacial score (nSPS) is 13.2. The van der Waals surface area contributed by atoms with Gasteiger partial charge in [-0.15, -0.1) is 11.6 Å². The molecule has 0 unspecified atom stereocenters. The van der Waals surface area contributed by atoms with Crippen LogP contribution in [0.1, 0.15) is 10.4 Å². The molecule has 0 heterocycles. The second kappa shape index (κ2) is 7.38. The van der Waals surface area contributed by atoms with Gasteiger partial charge in [0.15, 0.2) is 0 Å². The molecule has 0 bridgehead atoms. The SMILES string of the molecule is O=C(Nc1ccc([N+](=O)[O-])cc1)[C@@H](Cl)[C@H](Br)c1ccccc1. The number of nitrogens with one attached hydrogen (secondary N) is 1. The number of anilines is 1. The van der Waals surface area contributed by atoms with E-state index in [1.165, 1.54) is 24.3 Å². The summed E-state index contributed by atoms with van der Waals surface area (Å²) >= 11 is 9.59. The van der Waals surface area contributed by atoms with E-state index in [-0.39, 0.29) is 16.4 Å². The molecule has 0 radical (unpaired) electrons. The van der Waals surface area contributed by atoms with Gasteiger partial charge in [-0.1, -0.05) is 46.3 Å². The summed E-state index contributed by atoms with van der Waals surface area (Å²) in [4.78, 5) is 21.9. The quantitative estimate of drug-likeness (QED) is 0.476. The first-order valence-electron chi connectivity index (χ1n) is 6.37. The summed E-state index contributed by atoms with van der Waals surface area (Å²) in [5.41, 5.74) is 1.30. The Hall–Kier alpha value is -1.92. The summed E-state index contributed by atoms with van der Waals surface area (Å²) < 4.78 is 0. The van der Waals surface area contributed by atoms with Gasteiger partial charge in [0.25, 0.3) is 5.69 Å². The van der Waals surface area contributed by atoms with Crippen LogP contribution < -0.4 is 5.32 Å². The van der Waals surface area contributed by atoms with Crippen molar-refractivity contribution < 1.29 is 9.72 Å². The van der Waals surface area contributed by atoms with Crippen molar-refractivity contribution in [2.24, 2.45) is 0 Å². The topological polar surface area (TPSA) is 72.2 Å². The molecule has 0 saturated heterocycles. The van der Waals surface area contributed by atoms with Crippen LogP contribution in [0.2, 0.25) is 0 Å². The first-order chi connectivity index (χ1) is 10.5. The molecular formula is C15H12BrClN2O3. The number of hydrogen-bond acceptors (Lipinski definition) is 3. The largest absolute Gasteiger partial charge is 0.325 e.